The quantitative estimate of drug-likeness (QED) is 0.791. The second-order valence-electron chi connectivity index (χ2n) is 4.64. The van der Waals surface area contributed by atoms with E-state index < -0.39 is 10.0 Å². The highest BCUT2D eigenvalue weighted by molar-refractivity contribution is 7.88. The van der Waals surface area contributed by atoms with Crippen LogP contribution < -0.4 is 4.90 Å². The molecule has 0 spiro atoms. The summed E-state index contributed by atoms with van der Waals surface area (Å²) in [7, 11) is -3.08. The summed E-state index contributed by atoms with van der Waals surface area (Å²) in [6.45, 7) is 4.30. The van der Waals surface area contributed by atoms with E-state index in [1.807, 2.05) is 13.1 Å². The van der Waals surface area contributed by atoms with Crippen molar-refractivity contribution in [2.45, 2.75) is 6.92 Å². The zero-order valence-corrected chi connectivity index (χ0v) is 12.4. The van der Waals surface area contributed by atoms with E-state index in [1.54, 1.807) is 4.52 Å². The van der Waals surface area contributed by atoms with Gasteiger partial charge in [0, 0.05) is 26.2 Å². The smallest absolute Gasteiger partial charge is 0.214 e. The van der Waals surface area contributed by atoms with Crippen LogP contribution in [0.4, 0.5) is 5.13 Å². The molecular weight excluding hydrogens is 286 g/mol. The molecule has 2 aromatic heterocycles. The average Bonchev–Trinajstić information content (AvgIpc) is 2.85. The molecule has 0 atom stereocenters. The third-order valence-corrected chi connectivity index (χ3v) is 5.42. The highest BCUT2D eigenvalue weighted by atomic mass is 32.2. The second kappa shape index (κ2) is 4.43. The summed E-state index contributed by atoms with van der Waals surface area (Å²) in [4.78, 5) is 7.35. The van der Waals surface area contributed by atoms with Crippen LogP contribution in [0, 0.1) is 6.92 Å². The zero-order chi connectivity index (χ0) is 13.6. The number of sulfonamides is 1. The van der Waals surface area contributed by atoms with E-state index in [4.69, 9.17) is 0 Å². The van der Waals surface area contributed by atoms with E-state index in [1.165, 1.54) is 21.9 Å². The summed E-state index contributed by atoms with van der Waals surface area (Å²) in [6, 6.07) is 0. The first kappa shape index (κ1) is 12.8. The van der Waals surface area contributed by atoms with Crippen molar-refractivity contribution in [3.8, 4) is 0 Å². The normalized spacial score (nSPS) is 18.3. The number of aromatic nitrogens is 3. The van der Waals surface area contributed by atoms with Gasteiger partial charge in [-0.05, 0) is 6.92 Å². The van der Waals surface area contributed by atoms with Crippen molar-refractivity contribution in [3.05, 3.63) is 11.9 Å². The summed E-state index contributed by atoms with van der Waals surface area (Å²) >= 11 is 1.53. The van der Waals surface area contributed by atoms with Gasteiger partial charge in [0.2, 0.25) is 20.1 Å². The molecule has 0 aliphatic carbocycles. The molecule has 0 amide bonds. The second-order valence-corrected chi connectivity index (χ2v) is 7.56. The predicted molar refractivity (Wildman–Crippen MR) is 74.2 cm³/mol. The largest absolute Gasteiger partial charge is 0.344 e. The van der Waals surface area contributed by atoms with Crippen molar-refractivity contribution in [3.63, 3.8) is 0 Å². The minimum Gasteiger partial charge on any atom is -0.344 e. The summed E-state index contributed by atoms with van der Waals surface area (Å²) in [6.07, 6.45) is 3.14. The van der Waals surface area contributed by atoms with Gasteiger partial charge in [0.25, 0.3) is 0 Å². The van der Waals surface area contributed by atoms with Gasteiger partial charge in [-0.15, -0.1) is 5.10 Å². The van der Waals surface area contributed by atoms with Crippen LogP contribution in [0.15, 0.2) is 6.20 Å². The molecule has 19 heavy (non-hydrogen) atoms. The summed E-state index contributed by atoms with van der Waals surface area (Å²) < 4.78 is 26.2. The lowest BCUT2D eigenvalue weighted by Gasteiger charge is -2.32. The van der Waals surface area contributed by atoms with Crippen molar-refractivity contribution in [2.75, 3.05) is 37.3 Å². The third kappa shape index (κ3) is 2.45. The maximum absolute atomic E-state index is 11.4. The van der Waals surface area contributed by atoms with Crippen molar-refractivity contribution in [2.24, 2.45) is 0 Å². The first-order chi connectivity index (χ1) is 8.93. The minimum absolute atomic E-state index is 0.514. The van der Waals surface area contributed by atoms with Crippen LogP contribution in [0.25, 0.3) is 4.96 Å². The van der Waals surface area contributed by atoms with Gasteiger partial charge in [-0.1, -0.05) is 11.3 Å². The Kier molecular flexibility index (Phi) is 2.99. The van der Waals surface area contributed by atoms with E-state index >= 15 is 0 Å². The number of rotatable bonds is 2. The van der Waals surface area contributed by atoms with Crippen molar-refractivity contribution in [1.29, 1.82) is 0 Å². The molecule has 7 nitrogen and oxygen atoms in total. The third-order valence-electron chi connectivity index (χ3n) is 3.13. The number of hydrogen-bond acceptors (Lipinski definition) is 6. The lowest BCUT2D eigenvalue weighted by molar-refractivity contribution is 0.387. The molecule has 2 aromatic rings. The Morgan fingerprint density at radius 3 is 2.53 bits per heavy atom. The number of aryl methyl sites for hydroxylation is 1. The number of hydrogen-bond donors (Lipinski definition) is 0. The molecule has 0 aromatic carbocycles. The molecule has 1 fully saturated rings. The lowest BCUT2D eigenvalue weighted by atomic mass is 10.4. The Bertz CT molecular complexity index is 665. The Balaban J connectivity index is 1.76. The molecule has 0 radical (unpaired) electrons. The molecule has 104 valence electrons. The maximum atomic E-state index is 11.4. The SMILES string of the molecule is Cc1cn2nc(N3CCN(S(C)(=O)=O)CC3)sc2n1. The van der Waals surface area contributed by atoms with Gasteiger partial charge < -0.3 is 4.90 Å². The lowest BCUT2D eigenvalue weighted by Crippen LogP contribution is -2.48. The molecule has 0 unspecified atom stereocenters. The molecule has 0 saturated carbocycles. The molecule has 1 saturated heterocycles. The van der Waals surface area contributed by atoms with E-state index in [9.17, 15) is 8.42 Å². The number of fused-ring (bicyclic) bond motifs is 1. The number of anilines is 1. The van der Waals surface area contributed by atoms with Crippen molar-refractivity contribution < 1.29 is 8.42 Å². The van der Waals surface area contributed by atoms with E-state index in [0.29, 0.717) is 26.2 Å². The van der Waals surface area contributed by atoms with Gasteiger partial charge in [0.15, 0.2) is 0 Å². The summed E-state index contributed by atoms with van der Waals surface area (Å²) in [5.74, 6) is 0. The van der Waals surface area contributed by atoms with Gasteiger partial charge in [0.05, 0.1) is 18.1 Å². The first-order valence-electron chi connectivity index (χ1n) is 5.96. The van der Waals surface area contributed by atoms with E-state index in [2.05, 4.69) is 15.0 Å². The maximum Gasteiger partial charge on any atom is 0.214 e. The van der Waals surface area contributed by atoms with Crippen LogP contribution in [0.5, 0.6) is 0 Å². The molecule has 3 rings (SSSR count). The molecule has 0 bridgehead atoms. The summed E-state index contributed by atoms with van der Waals surface area (Å²) in [5.41, 5.74) is 0.951. The zero-order valence-electron chi connectivity index (χ0n) is 10.8. The molecule has 1 aliphatic rings. The van der Waals surface area contributed by atoms with Crippen LogP contribution in [0.3, 0.4) is 0 Å². The number of imidazole rings is 1. The minimum atomic E-state index is -3.08. The Morgan fingerprint density at radius 1 is 1.26 bits per heavy atom. The fraction of sp³-hybridized carbons (Fsp3) is 0.600. The summed E-state index contributed by atoms with van der Waals surface area (Å²) in [5, 5.41) is 5.37. The van der Waals surface area contributed by atoms with Gasteiger partial charge in [0.1, 0.15) is 0 Å². The fourth-order valence-corrected chi connectivity index (χ4v) is 3.94. The van der Waals surface area contributed by atoms with Crippen molar-refractivity contribution >= 4 is 31.5 Å². The first-order valence-corrected chi connectivity index (χ1v) is 8.63. The Labute approximate surface area is 115 Å². The van der Waals surface area contributed by atoms with Gasteiger partial charge >= 0.3 is 0 Å². The van der Waals surface area contributed by atoms with Gasteiger partial charge in [-0.2, -0.15) is 4.31 Å². The van der Waals surface area contributed by atoms with Gasteiger partial charge in [-0.3, -0.25) is 0 Å². The van der Waals surface area contributed by atoms with Gasteiger partial charge in [-0.25, -0.2) is 17.9 Å². The number of nitrogens with zero attached hydrogens (tertiary/aromatic N) is 5. The van der Waals surface area contributed by atoms with Crippen molar-refractivity contribution in [1.82, 2.24) is 18.9 Å². The highest BCUT2D eigenvalue weighted by Gasteiger charge is 2.25. The molecule has 0 N–H and O–H groups in total. The standard InChI is InChI=1S/C10H15N5O2S2/c1-8-7-15-9(11-8)18-10(12-15)13-3-5-14(6-4-13)19(2,16)17/h7H,3-6H2,1-2H3. The van der Waals surface area contributed by atoms with Crippen LogP contribution >= 0.6 is 11.3 Å². The fourth-order valence-electron chi connectivity index (χ4n) is 2.14. The van der Waals surface area contributed by atoms with Crippen LogP contribution in [0.2, 0.25) is 0 Å². The topological polar surface area (TPSA) is 70.8 Å². The van der Waals surface area contributed by atoms with Crippen LogP contribution in [0.1, 0.15) is 5.69 Å². The Morgan fingerprint density at radius 2 is 1.95 bits per heavy atom. The number of piperazine rings is 1. The monoisotopic (exact) mass is 301 g/mol. The molecule has 1 aliphatic heterocycles. The molecule has 3 heterocycles. The van der Waals surface area contributed by atoms with Crippen LogP contribution in [-0.4, -0.2) is 59.8 Å². The van der Waals surface area contributed by atoms with E-state index in [-0.39, 0.29) is 0 Å². The Hall–Kier alpha value is -1.19. The highest BCUT2D eigenvalue weighted by Crippen LogP contribution is 2.24. The van der Waals surface area contributed by atoms with Crippen LogP contribution in [-0.2, 0) is 10.0 Å². The van der Waals surface area contributed by atoms with E-state index in [0.717, 1.165) is 15.8 Å². The molecule has 9 heteroatoms. The molecular formula is C10H15N5O2S2. The predicted octanol–water partition coefficient (Wildman–Crippen LogP) is 0.181. The average molecular weight is 301 g/mol.